The standard InChI is InChI=1S/C20H23N3O2/c1-23(12-15-8-9-20(25-3)16(10-15)14-24-2)13-17-11-21-18-6-4-5-7-19(18)22-17/h4-11H,12-14H2,1-3H3. The second-order valence-electron chi connectivity index (χ2n) is 6.10. The van der Waals surface area contributed by atoms with E-state index in [1.54, 1.807) is 14.2 Å². The summed E-state index contributed by atoms with van der Waals surface area (Å²) in [7, 11) is 5.45. The van der Waals surface area contributed by atoms with Crippen LogP contribution in [-0.2, 0) is 24.4 Å². The van der Waals surface area contributed by atoms with Crippen molar-refractivity contribution in [2.24, 2.45) is 0 Å². The number of ether oxygens (including phenoxy) is 2. The number of para-hydroxylation sites is 2. The Kier molecular flexibility index (Phi) is 5.58. The molecule has 3 rings (SSSR count). The van der Waals surface area contributed by atoms with Crippen LogP contribution in [-0.4, -0.2) is 36.1 Å². The number of fused-ring (bicyclic) bond motifs is 1. The molecular weight excluding hydrogens is 314 g/mol. The summed E-state index contributed by atoms with van der Waals surface area (Å²) < 4.78 is 10.6. The van der Waals surface area contributed by atoms with Gasteiger partial charge in [0.25, 0.3) is 0 Å². The van der Waals surface area contributed by atoms with E-state index in [4.69, 9.17) is 9.47 Å². The van der Waals surface area contributed by atoms with Gasteiger partial charge >= 0.3 is 0 Å². The summed E-state index contributed by atoms with van der Waals surface area (Å²) in [5.41, 5.74) is 5.09. The molecule has 0 N–H and O–H groups in total. The monoisotopic (exact) mass is 337 g/mol. The van der Waals surface area contributed by atoms with Gasteiger partial charge in [-0.15, -0.1) is 0 Å². The van der Waals surface area contributed by atoms with Crippen LogP contribution in [0.15, 0.2) is 48.7 Å². The SMILES string of the molecule is COCc1cc(CN(C)Cc2cnc3ccccc3n2)ccc1OC. The van der Waals surface area contributed by atoms with Gasteiger partial charge in [-0.05, 0) is 36.9 Å². The maximum atomic E-state index is 5.38. The predicted molar refractivity (Wildman–Crippen MR) is 98.4 cm³/mol. The number of methoxy groups -OCH3 is 2. The molecule has 130 valence electrons. The van der Waals surface area contributed by atoms with E-state index >= 15 is 0 Å². The maximum absolute atomic E-state index is 5.38. The second kappa shape index (κ2) is 8.05. The van der Waals surface area contributed by atoms with Crippen LogP contribution in [0.1, 0.15) is 16.8 Å². The third-order valence-electron chi connectivity index (χ3n) is 4.03. The first-order valence-corrected chi connectivity index (χ1v) is 8.23. The van der Waals surface area contributed by atoms with E-state index in [1.165, 1.54) is 5.56 Å². The highest BCUT2D eigenvalue weighted by Gasteiger charge is 2.08. The van der Waals surface area contributed by atoms with Crippen molar-refractivity contribution in [1.82, 2.24) is 14.9 Å². The molecule has 5 heteroatoms. The van der Waals surface area contributed by atoms with E-state index < -0.39 is 0 Å². The molecule has 0 unspecified atom stereocenters. The number of aromatic nitrogens is 2. The van der Waals surface area contributed by atoms with Crippen molar-refractivity contribution < 1.29 is 9.47 Å². The minimum atomic E-state index is 0.539. The second-order valence-corrected chi connectivity index (χ2v) is 6.10. The van der Waals surface area contributed by atoms with Gasteiger partial charge in [0.1, 0.15) is 5.75 Å². The van der Waals surface area contributed by atoms with Gasteiger partial charge in [-0.1, -0.05) is 18.2 Å². The first-order valence-electron chi connectivity index (χ1n) is 8.23. The van der Waals surface area contributed by atoms with E-state index in [-0.39, 0.29) is 0 Å². The fourth-order valence-electron chi connectivity index (χ4n) is 2.91. The summed E-state index contributed by atoms with van der Waals surface area (Å²) in [5, 5.41) is 0. The Hall–Kier alpha value is -2.50. The van der Waals surface area contributed by atoms with Gasteiger partial charge in [-0.3, -0.25) is 9.88 Å². The van der Waals surface area contributed by atoms with Gasteiger partial charge in [0.15, 0.2) is 0 Å². The Morgan fingerprint density at radius 3 is 2.56 bits per heavy atom. The summed E-state index contributed by atoms with van der Waals surface area (Å²) in [6, 6.07) is 14.1. The lowest BCUT2D eigenvalue weighted by Gasteiger charge is -2.17. The number of benzene rings is 2. The van der Waals surface area contributed by atoms with Crippen molar-refractivity contribution in [2.45, 2.75) is 19.7 Å². The molecule has 0 atom stereocenters. The van der Waals surface area contributed by atoms with Crippen LogP contribution in [0.3, 0.4) is 0 Å². The average Bonchev–Trinajstić information content (AvgIpc) is 2.62. The minimum Gasteiger partial charge on any atom is -0.496 e. The molecule has 0 saturated heterocycles. The van der Waals surface area contributed by atoms with Crippen LogP contribution in [0.4, 0.5) is 0 Å². The van der Waals surface area contributed by atoms with Gasteiger partial charge < -0.3 is 9.47 Å². The van der Waals surface area contributed by atoms with E-state index in [0.29, 0.717) is 6.61 Å². The highest BCUT2D eigenvalue weighted by atomic mass is 16.5. The number of rotatable bonds is 7. The Balaban J connectivity index is 1.70. The predicted octanol–water partition coefficient (Wildman–Crippen LogP) is 3.42. The maximum Gasteiger partial charge on any atom is 0.124 e. The smallest absolute Gasteiger partial charge is 0.124 e. The highest BCUT2D eigenvalue weighted by Crippen LogP contribution is 2.21. The number of hydrogen-bond donors (Lipinski definition) is 0. The van der Waals surface area contributed by atoms with Crippen molar-refractivity contribution in [3.8, 4) is 5.75 Å². The van der Waals surface area contributed by atoms with Gasteiger partial charge in [-0.25, -0.2) is 4.98 Å². The van der Waals surface area contributed by atoms with E-state index in [9.17, 15) is 0 Å². The van der Waals surface area contributed by atoms with Gasteiger partial charge in [0.2, 0.25) is 0 Å². The Bertz CT molecular complexity index is 851. The first kappa shape index (κ1) is 17.3. The molecule has 25 heavy (non-hydrogen) atoms. The quantitative estimate of drug-likeness (QED) is 0.661. The summed E-state index contributed by atoms with van der Waals surface area (Å²) in [6.45, 7) is 2.09. The Morgan fingerprint density at radius 2 is 1.80 bits per heavy atom. The molecule has 0 bridgehead atoms. The molecule has 2 aromatic carbocycles. The highest BCUT2D eigenvalue weighted by molar-refractivity contribution is 5.73. The molecule has 5 nitrogen and oxygen atoms in total. The van der Waals surface area contributed by atoms with Crippen molar-refractivity contribution in [3.05, 3.63) is 65.5 Å². The van der Waals surface area contributed by atoms with Crippen LogP contribution in [0.2, 0.25) is 0 Å². The zero-order valence-electron chi connectivity index (χ0n) is 14.9. The molecule has 0 saturated carbocycles. The van der Waals surface area contributed by atoms with Crippen molar-refractivity contribution in [2.75, 3.05) is 21.3 Å². The fraction of sp³-hybridized carbons (Fsp3) is 0.300. The topological polar surface area (TPSA) is 47.5 Å². The van der Waals surface area contributed by atoms with Gasteiger partial charge in [0.05, 0.1) is 36.6 Å². The Labute approximate surface area is 148 Å². The summed E-state index contributed by atoms with van der Waals surface area (Å²) in [5.74, 6) is 0.855. The lowest BCUT2D eigenvalue weighted by atomic mass is 10.1. The number of hydrogen-bond acceptors (Lipinski definition) is 5. The summed E-state index contributed by atoms with van der Waals surface area (Å²) in [6.07, 6.45) is 1.85. The van der Waals surface area contributed by atoms with Gasteiger partial charge in [0, 0.05) is 25.8 Å². The van der Waals surface area contributed by atoms with Crippen molar-refractivity contribution in [3.63, 3.8) is 0 Å². The molecular formula is C20H23N3O2. The van der Waals surface area contributed by atoms with E-state index in [1.807, 2.05) is 36.5 Å². The molecule has 0 spiro atoms. The van der Waals surface area contributed by atoms with Crippen LogP contribution < -0.4 is 4.74 Å². The number of nitrogens with zero attached hydrogens (tertiary/aromatic N) is 3. The molecule has 0 radical (unpaired) electrons. The summed E-state index contributed by atoms with van der Waals surface area (Å²) >= 11 is 0. The summed E-state index contributed by atoms with van der Waals surface area (Å²) in [4.78, 5) is 11.4. The van der Waals surface area contributed by atoms with Crippen LogP contribution in [0, 0.1) is 0 Å². The third kappa shape index (κ3) is 4.32. The van der Waals surface area contributed by atoms with Crippen LogP contribution >= 0.6 is 0 Å². The normalized spacial score (nSPS) is 11.2. The lowest BCUT2D eigenvalue weighted by Crippen LogP contribution is -2.18. The van der Waals surface area contributed by atoms with Crippen molar-refractivity contribution >= 4 is 11.0 Å². The van der Waals surface area contributed by atoms with Gasteiger partial charge in [-0.2, -0.15) is 0 Å². The molecule has 3 aromatic rings. The average molecular weight is 337 g/mol. The van der Waals surface area contributed by atoms with Crippen LogP contribution in [0.5, 0.6) is 5.75 Å². The molecule has 1 aromatic heterocycles. The van der Waals surface area contributed by atoms with Crippen molar-refractivity contribution in [1.29, 1.82) is 0 Å². The molecule has 0 fully saturated rings. The fourth-order valence-corrected chi connectivity index (χ4v) is 2.91. The van der Waals surface area contributed by atoms with E-state index in [0.717, 1.165) is 41.1 Å². The zero-order chi connectivity index (χ0) is 17.6. The molecule has 0 aliphatic rings. The third-order valence-corrected chi connectivity index (χ3v) is 4.03. The van der Waals surface area contributed by atoms with E-state index in [2.05, 4.69) is 34.0 Å². The Morgan fingerprint density at radius 1 is 1.00 bits per heavy atom. The largest absolute Gasteiger partial charge is 0.496 e. The molecule has 0 amide bonds. The first-order chi connectivity index (χ1) is 12.2. The zero-order valence-corrected chi connectivity index (χ0v) is 14.9. The lowest BCUT2D eigenvalue weighted by molar-refractivity contribution is 0.181. The minimum absolute atomic E-state index is 0.539. The van der Waals surface area contributed by atoms with Crippen LogP contribution in [0.25, 0.3) is 11.0 Å². The molecule has 0 aliphatic heterocycles. The molecule has 0 aliphatic carbocycles. The molecule has 1 heterocycles.